The van der Waals surface area contributed by atoms with Gasteiger partial charge in [0.25, 0.3) is 0 Å². The Morgan fingerprint density at radius 3 is 2.21 bits per heavy atom. The highest BCUT2D eigenvalue weighted by Crippen LogP contribution is 2.41. The zero-order valence-electron chi connectivity index (χ0n) is 15.2. The van der Waals surface area contributed by atoms with Gasteiger partial charge in [-0.15, -0.1) is 0 Å². The van der Waals surface area contributed by atoms with Crippen molar-refractivity contribution in [2.24, 2.45) is 0 Å². The van der Waals surface area contributed by atoms with Crippen molar-refractivity contribution in [2.45, 2.75) is 17.6 Å². The highest BCUT2D eigenvalue weighted by molar-refractivity contribution is 7.90. The molecule has 0 aliphatic carbocycles. The average Bonchev–Trinajstić information content (AvgIpc) is 2.88. The molecule has 0 amide bonds. The minimum atomic E-state index is -3.41. The van der Waals surface area contributed by atoms with Gasteiger partial charge >= 0.3 is 5.97 Å². The summed E-state index contributed by atoms with van der Waals surface area (Å²) in [5.41, 5.74) is 0.588. The molecule has 0 radical (unpaired) electrons. The standard InChI is InChI=1S/C19H16F2O6S/c1-19(25-2)16(11-4-7-13(8-5-11)28(3,23)24)17(18(22)27-19)26-12-6-9-14(20)15(21)10-12/h4-10H,1-3H3. The number of sulfone groups is 1. The van der Waals surface area contributed by atoms with Gasteiger partial charge in [0.15, 0.2) is 21.5 Å². The normalized spacial score (nSPS) is 19.7. The Kier molecular flexibility index (Phi) is 4.99. The predicted octanol–water partition coefficient (Wildman–Crippen LogP) is 3.08. The van der Waals surface area contributed by atoms with Crippen LogP contribution in [-0.2, 0) is 24.1 Å². The number of methoxy groups -OCH3 is 1. The molecule has 0 saturated heterocycles. The molecule has 148 valence electrons. The fourth-order valence-electron chi connectivity index (χ4n) is 2.74. The van der Waals surface area contributed by atoms with Crippen molar-refractivity contribution in [3.8, 4) is 5.75 Å². The maximum atomic E-state index is 13.5. The molecule has 0 spiro atoms. The first kappa shape index (κ1) is 20.0. The van der Waals surface area contributed by atoms with Crippen LogP contribution in [0.5, 0.6) is 5.75 Å². The molecule has 1 atom stereocenters. The number of cyclic esters (lactones) is 1. The first-order valence-electron chi connectivity index (χ1n) is 8.02. The second-order valence-corrected chi connectivity index (χ2v) is 8.23. The summed E-state index contributed by atoms with van der Waals surface area (Å²) in [5, 5.41) is 0. The molecule has 9 heteroatoms. The van der Waals surface area contributed by atoms with Crippen LogP contribution in [0.25, 0.3) is 5.57 Å². The fraction of sp³-hybridized carbons (Fsp3) is 0.211. The first-order valence-corrected chi connectivity index (χ1v) is 9.91. The molecule has 3 rings (SSSR count). The molecule has 1 unspecified atom stereocenters. The van der Waals surface area contributed by atoms with E-state index >= 15 is 0 Å². The summed E-state index contributed by atoms with van der Waals surface area (Å²) >= 11 is 0. The molecule has 0 N–H and O–H groups in total. The summed E-state index contributed by atoms with van der Waals surface area (Å²) in [6, 6.07) is 8.49. The molecule has 2 aromatic rings. The number of carbonyl (C=O) groups is 1. The number of hydrogen-bond acceptors (Lipinski definition) is 6. The van der Waals surface area contributed by atoms with Crippen molar-refractivity contribution in [1.82, 2.24) is 0 Å². The van der Waals surface area contributed by atoms with Gasteiger partial charge in [0, 0.05) is 26.4 Å². The van der Waals surface area contributed by atoms with Crippen LogP contribution in [0.3, 0.4) is 0 Å². The van der Waals surface area contributed by atoms with Gasteiger partial charge in [0.05, 0.1) is 10.5 Å². The maximum absolute atomic E-state index is 13.5. The predicted molar refractivity (Wildman–Crippen MR) is 95.0 cm³/mol. The summed E-state index contributed by atoms with van der Waals surface area (Å²) in [4.78, 5) is 12.5. The van der Waals surface area contributed by atoms with Gasteiger partial charge in [-0.2, -0.15) is 0 Å². The van der Waals surface area contributed by atoms with Gasteiger partial charge in [-0.25, -0.2) is 22.0 Å². The van der Waals surface area contributed by atoms with Crippen molar-refractivity contribution < 1.29 is 36.2 Å². The summed E-state index contributed by atoms with van der Waals surface area (Å²) < 4.78 is 66.0. The lowest BCUT2D eigenvalue weighted by atomic mass is 9.98. The van der Waals surface area contributed by atoms with Crippen molar-refractivity contribution in [2.75, 3.05) is 13.4 Å². The lowest BCUT2D eigenvalue weighted by molar-refractivity contribution is -0.180. The van der Waals surface area contributed by atoms with Crippen LogP contribution in [0, 0.1) is 11.6 Å². The molecular formula is C19H16F2O6S. The van der Waals surface area contributed by atoms with Gasteiger partial charge in [-0.1, -0.05) is 12.1 Å². The smallest absolute Gasteiger partial charge is 0.377 e. The lowest BCUT2D eigenvalue weighted by Gasteiger charge is -2.24. The second kappa shape index (κ2) is 6.99. The largest absolute Gasteiger partial charge is 0.449 e. The van der Waals surface area contributed by atoms with Gasteiger partial charge in [-0.3, -0.25) is 0 Å². The Morgan fingerprint density at radius 2 is 1.68 bits per heavy atom. The highest BCUT2D eigenvalue weighted by atomic mass is 32.2. The number of ether oxygens (including phenoxy) is 3. The van der Waals surface area contributed by atoms with E-state index in [4.69, 9.17) is 14.2 Å². The maximum Gasteiger partial charge on any atom is 0.377 e. The Labute approximate surface area is 160 Å². The quantitative estimate of drug-likeness (QED) is 0.705. The van der Waals surface area contributed by atoms with E-state index in [0.717, 1.165) is 24.5 Å². The lowest BCUT2D eigenvalue weighted by Crippen LogP contribution is -2.29. The van der Waals surface area contributed by atoms with Crippen LogP contribution in [0.15, 0.2) is 53.1 Å². The Bertz CT molecular complexity index is 1080. The van der Waals surface area contributed by atoms with Gasteiger partial charge in [0.1, 0.15) is 5.75 Å². The van der Waals surface area contributed by atoms with Crippen molar-refractivity contribution in [3.63, 3.8) is 0 Å². The van der Waals surface area contributed by atoms with Crippen LogP contribution in [0.2, 0.25) is 0 Å². The van der Waals surface area contributed by atoms with Crippen LogP contribution in [0.4, 0.5) is 8.78 Å². The summed E-state index contributed by atoms with van der Waals surface area (Å²) in [5.74, 6) is -4.97. The Balaban J connectivity index is 2.12. The molecule has 1 heterocycles. The highest BCUT2D eigenvalue weighted by Gasteiger charge is 2.47. The van der Waals surface area contributed by atoms with E-state index in [1.165, 1.54) is 38.3 Å². The minimum absolute atomic E-state index is 0.0873. The summed E-state index contributed by atoms with van der Waals surface area (Å²) in [6.45, 7) is 1.48. The van der Waals surface area contributed by atoms with Crippen LogP contribution in [-0.4, -0.2) is 33.5 Å². The number of carbonyl (C=O) groups excluding carboxylic acids is 1. The third-order valence-corrected chi connectivity index (χ3v) is 5.35. The Morgan fingerprint density at radius 1 is 1.04 bits per heavy atom. The van der Waals surface area contributed by atoms with Crippen molar-refractivity contribution in [1.29, 1.82) is 0 Å². The van der Waals surface area contributed by atoms with E-state index in [1.54, 1.807) is 0 Å². The molecule has 0 aromatic heterocycles. The monoisotopic (exact) mass is 410 g/mol. The molecule has 0 bridgehead atoms. The molecule has 2 aromatic carbocycles. The summed E-state index contributed by atoms with van der Waals surface area (Å²) in [6.07, 6.45) is 1.07. The van der Waals surface area contributed by atoms with Gasteiger partial charge in [0.2, 0.25) is 11.5 Å². The van der Waals surface area contributed by atoms with E-state index in [2.05, 4.69) is 0 Å². The Hall–Kier alpha value is -2.78. The van der Waals surface area contributed by atoms with E-state index in [1.807, 2.05) is 0 Å². The van der Waals surface area contributed by atoms with Crippen molar-refractivity contribution in [3.05, 3.63) is 65.4 Å². The van der Waals surface area contributed by atoms with Gasteiger partial charge < -0.3 is 14.2 Å². The molecule has 1 aliphatic rings. The number of halogens is 2. The number of esters is 1. The van der Waals surface area contributed by atoms with Crippen molar-refractivity contribution >= 4 is 21.4 Å². The van der Waals surface area contributed by atoms with Crippen LogP contribution >= 0.6 is 0 Å². The summed E-state index contributed by atoms with van der Waals surface area (Å²) in [7, 11) is -2.09. The number of benzene rings is 2. The number of hydrogen-bond donors (Lipinski definition) is 0. The first-order chi connectivity index (χ1) is 13.0. The molecule has 0 fully saturated rings. The van der Waals surface area contributed by atoms with E-state index in [9.17, 15) is 22.0 Å². The molecule has 1 aliphatic heterocycles. The molecule has 6 nitrogen and oxygen atoms in total. The average molecular weight is 410 g/mol. The fourth-order valence-corrected chi connectivity index (χ4v) is 3.37. The second-order valence-electron chi connectivity index (χ2n) is 6.22. The van der Waals surface area contributed by atoms with Crippen LogP contribution in [0.1, 0.15) is 12.5 Å². The zero-order valence-corrected chi connectivity index (χ0v) is 16.0. The van der Waals surface area contributed by atoms with E-state index in [-0.39, 0.29) is 22.0 Å². The van der Waals surface area contributed by atoms with E-state index in [0.29, 0.717) is 5.56 Å². The van der Waals surface area contributed by atoms with E-state index < -0.39 is 33.2 Å². The zero-order chi connectivity index (χ0) is 20.7. The van der Waals surface area contributed by atoms with Crippen LogP contribution < -0.4 is 4.74 Å². The SMILES string of the molecule is COC1(C)OC(=O)C(Oc2ccc(F)c(F)c2)=C1c1ccc(S(C)(=O)=O)cc1. The molecule has 0 saturated carbocycles. The molecular weight excluding hydrogens is 394 g/mol. The number of rotatable bonds is 5. The third kappa shape index (κ3) is 3.63. The topological polar surface area (TPSA) is 78.9 Å². The van der Waals surface area contributed by atoms with Gasteiger partial charge in [-0.05, 0) is 29.8 Å². The third-order valence-electron chi connectivity index (χ3n) is 4.23. The minimum Gasteiger partial charge on any atom is -0.449 e. The molecule has 28 heavy (non-hydrogen) atoms.